The Morgan fingerprint density at radius 3 is 2.46 bits per heavy atom. The number of halogens is 1. The first-order valence-electron chi connectivity index (χ1n) is 6.77. The molecule has 6 nitrogen and oxygen atoms in total. The molecule has 2 aromatic rings. The van der Waals surface area contributed by atoms with E-state index in [1.807, 2.05) is 0 Å². The Balaban J connectivity index is 2.68. The molecular formula is C16H13FN2O4S. The summed E-state index contributed by atoms with van der Waals surface area (Å²) < 4.78 is 40.5. The molecule has 0 aliphatic heterocycles. The summed E-state index contributed by atoms with van der Waals surface area (Å²) in [6.45, 7) is 0.744. The van der Waals surface area contributed by atoms with E-state index >= 15 is 0 Å². The lowest BCUT2D eigenvalue weighted by atomic mass is 10.1. The molecule has 0 heterocycles. The van der Waals surface area contributed by atoms with Crippen LogP contribution in [0.4, 0.5) is 10.1 Å². The molecule has 8 heteroatoms. The molecule has 0 spiro atoms. The number of sulfonamides is 1. The summed E-state index contributed by atoms with van der Waals surface area (Å²) in [5.74, 6) is -2.39. The van der Waals surface area contributed by atoms with Crippen LogP contribution in [-0.4, -0.2) is 26.0 Å². The minimum absolute atomic E-state index is 0.209. The molecule has 0 unspecified atom stereocenters. The molecule has 0 amide bonds. The summed E-state index contributed by atoms with van der Waals surface area (Å²) in [4.78, 5) is 10.6. The number of hydrogen-bond donors (Lipinski definition) is 1. The van der Waals surface area contributed by atoms with Crippen LogP contribution in [-0.2, 0) is 10.0 Å². The zero-order valence-electron chi connectivity index (χ0n) is 12.6. The standard InChI is InChI=1S/C16H13FN2O4S/c1-11-14(17)9-12(16(20)21)10-15(11)24(22,23)19(8-7-18)13-5-3-2-4-6-13/h2-6,9-10H,8H2,1H3,(H,20,21). The maximum absolute atomic E-state index is 14.0. The van der Waals surface area contributed by atoms with E-state index in [9.17, 15) is 17.6 Å². The number of carbonyl (C=O) groups is 1. The molecule has 124 valence electrons. The molecule has 0 saturated heterocycles. The molecule has 2 aromatic carbocycles. The van der Waals surface area contributed by atoms with Crippen LogP contribution in [0.25, 0.3) is 0 Å². The summed E-state index contributed by atoms with van der Waals surface area (Å²) in [7, 11) is -4.32. The zero-order chi connectivity index (χ0) is 17.9. The molecule has 2 rings (SSSR count). The third-order valence-electron chi connectivity index (χ3n) is 3.37. The SMILES string of the molecule is Cc1c(F)cc(C(=O)O)cc1S(=O)(=O)N(CC#N)c1ccccc1. The Bertz CT molecular complexity index is 921. The van der Waals surface area contributed by atoms with E-state index in [4.69, 9.17) is 10.4 Å². The van der Waals surface area contributed by atoms with Crippen molar-refractivity contribution >= 4 is 21.7 Å². The summed E-state index contributed by atoms with van der Waals surface area (Å²) in [6, 6.07) is 11.2. The van der Waals surface area contributed by atoms with Gasteiger partial charge in [-0.3, -0.25) is 4.31 Å². The van der Waals surface area contributed by atoms with Crippen LogP contribution in [0.5, 0.6) is 0 Å². The van der Waals surface area contributed by atoms with Gasteiger partial charge in [0.1, 0.15) is 12.4 Å². The second-order valence-electron chi connectivity index (χ2n) is 4.89. The number of para-hydroxylation sites is 1. The maximum Gasteiger partial charge on any atom is 0.335 e. The summed E-state index contributed by atoms with van der Waals surface area (Å²) in [5, 5.41) is 18.0. The fourth-order valence-corrected chi connectivity index (χ4v) is 3.76. The van der Waals surface area contributed by atoms with Gasteiger partial charge >= 0.3 is 5.97 Å². The third-order valence-corrected chi connectivity index (χ3v) is 5.27. The van der Waals surface area contributed by atoms with Gasteiger partial charge in [0, 0.05) is 5.56 Å². The Kier molecular flexibility index (Phi) is 4.85. The van der Waals surface area contributed by atoms with Gasteiger partial charge in [0.05, 0.1) is 22.2 Å². The molecule has 0 aromatic heterocycles. The highest BCUT2D eigenvalue weighted by atomic mass is 32.2. The minimum atomic E-state index is -4.32. The van der Waals surface area contributed by atoms with Crippen molar-refractivity contribution in [2.24, 2.45) is 0 Å². The first-order chi connectivity index (χ1) is 11.3. The summed E-state index contributed by atoms with van der Waals surface area (Å²) >= 11 is 0. The molecule has 24 heavy (non-hydrogen) atoms. The van der Waals surface area contributed by atoms with Crippen molar-refractivity contribution in [3.8, 4) is 6.07 Å². The molecule has 1 N–H and O–H groups in total. The fourth-order valence-electron chi connectivity index (χ4n) is 2.14. The highest BCUT2D eigenvalue weighted by Gasteiger charge is 2.29. The van der Waals surface area contributed by atoms with Gasteiger partial charge in [-0.2, -0.15) is 5.26 Å². The lowest BCUT2D eigenvalue weighted by Gasteiger charge is -2.23. The Hall–Kier alpha value is -2.92. The van der Waals surface area contributed by atoms with Gasteiger partial charge in [0.2, 0.25) is 0 Å². The Labute approximate surface area is 138 Å². The second kappa shape index (κ2) is 6.68. The van der Waals surface area contributed by atoms with E-state index in [0.29, 0.717) is 0 Å². The van der Waals surface area contributed by atoms with Crippen LogP contribution < -0.4 is 4.31 Å². The summed E-state index contributed by atoms with van der Waals surface area (Å²) in [5.41, 5.74) is -0.472. The van der Waals surface area contributed by atoms with Crippen LogP contribution in [0.15, 0.2) is 47.4 Å². The van der Waals surface area contributed by atoms with Crippen molar-refractivity contribution in [2.45, 2.75) is 11.8 Å². The van der Waals surface area contributed by atoms with Crippen LogP contribution in [0.3, 0.4) is 0 Å². The number of nitriles is 1. The number of hydrogen-bond acceptors (Lipinski definition) is 4. The number of aromatic carboxylic acids is 1. The second-order valence-corrected chi connectivity index (χ2v) is 6.72. The molecule has 0 atom stereocenters. The topological polar surface area (TPSA) is 98.5 Å². The molecular weight excluding hydrogens is 335 g/mol. The number of nitrogens with zero attached hydrogens (tertiary/aromatic N) is 2. The van der Waals surface area contributed by atoms with E-state index in [2.05, 4.69) is 0 Å². The van der Waals surface area contributed by atoms with Gasteiger partial charge < -0.3 is 5.11 Å². The molecule has 0 bridgehead atoms. The van der Waals surface area contributed by atoms with Crippen LogP contribution >= 0.6 is 0 Å². The predicted octanol–water partition coefficient (Wildman–Crippen LogP) is 2.55. The fraction of sp³-hybridized carbons (Fsp3) is 0.125. The highest BCUT2D eigenvalue weighted by Crippen LogP contribution is 2.27. The smallest absolute Gasteiger partial charge is 0.335 e. The van der Waals surface area contributed by atoms with Crippen LogP contribution in [0.2, 0.25) is 0 Å². The van der Waals surface area contributed by atoms with Gasteiger partial charge in [-0.05, 0) is 31.2 Å². The molecule has 0 radical (unpaired) electrons. The van der Waals surface area contributed by atoms with E-state index in [1.165, 1.54) is 19.1 Å². The highest BCUT2D eigenvalue weighted by molar-refractivity contribution is 7.92. The van der Waals surface area contributed by atoms with Crippen LogP contribution in [0.1, 0.15) is 15.9 Å². The quantitative estimate of drug-likeness (QED) is 0.837. The molecule has 0 aliphatic rings. The van der Waals surface area contributed by atoms with Gasteiger partial charge in [-0.15, -0.1) is 0 Å². The maximum atomic E-state index is 14.0. The van der Waals surface area contributed by atoms with Crippen molar-refractivity contribution in [2.75, 3.05) is 10.8 Å². The lowest BCUT2D eigenvalue weighted by Crippen LogP contribution is -2.32. The van der Waals surface area contributed by atoms with E-state index in [0.717, 1.165) is 16.4 Å². The Morgan fingerprint density at radius 1 is 1.29 bits per heavy atom. The zero-order valence-corrected chi connectivity index (χ0v) is 13.4. The van der Waals surface area contributed by atoms with E-state index in [-0.39, 0.29) is 11.3 Å². The number of anilines is 1. The first kappa shape index (κ1) is 17.4. The summed E-state index contributed by atoms with van der Waals surface area (Å²) in [6.07, 6.45) is 0. The van der Waals surface area contributed by atoms with Gasteiger partial charge in [-0.25, -0.2) is 17.6 Å². The first-order valence-corrected chi connectivity index (χ1v) is 8.21. The van der Waals surface area contributed by atoms with E-state index in [1.54, 1.807) is 24.3 Å². The van der Waals surface area contributed by atoms with Crippen LogP contribution in [0, 0.1) is 24.1 Å². The van der Waals surface area contributed by atoms with Crippen molar-refractivity contribution in [3.63, 3.8) is 0 Å². The Morgan fingerprint density at radius 2 is 1.92 bits per heavy atom. The average Bonchev–Trinajstić information content (AvgIpc) is 2.55. The minimum Gasteiger partial charge on any atom is -0.478 e. The van der Waals surface area contributed by atoms with Crippen molar-refractivity contribution < 1.29 is 22.7 Å². The van der Waals surface area contributed by atoms with Gasteiger partial charge in [-0.1, -0.05) is 18.2 Å². The molecule has 0 fully saturated rings. The largest absolute Gasteiger partial charge is 0.478 e. The average molecular weight is 348 g/mol. The predicted molar refractivity (Wildman–Crippen MR) is 84.7 cm³/mol. The number of carboxylic acids is 1. The van der Waals surface area contributed by atoms with Crippen molar-refractivity contribution in [1.82, 2.24) is 0 Å². The lowest BCUT2D eigenvalue weighted by molar-refractivity contribution is 0.0696. The van der Waals surface area contributed by atoms with Gasteiger partial charge in [0.15, 0.2) is 0 Å². The normalized spacial score (nSPS) is 10.9. The number of carboxylic acid groups (broad SMARTS) is 1. The number of benzene rings is 2. The number of rotatable bonds is 5. The van der Waals surface area contributed by atoms with Crippen molar-refractivity contribution in [1.29, 1.82) is 5.26 Å². The van der Waals surface area contributed by atoms with Gasteiger partial charge in [0.25, 0.3) is 10.0 Å². The van der Waals surface area contributed by atoms with Crippen molar-refractivity contribution in [3.05, 3.63) is 59.4 Å². The monoisotopic (exact) mass is 348 g/mol. The molecule has 0 aliphatic carbocycles. The van der Waals surface area contributed by atoms with E-state index < -0.39 is 38.8 Å². The third kappa shape index (κ3) is 3.21. The molecule has 0 saturated carbocycles.